The van der Waals surface area contributed by atoms with Crippen molar-refractivity contribution >= 4 is 23.8 Å². The molecule has 0 aliphatic rings. The lowest BCUT2D eigenvalue weighted by molar-refractivity contribution is -0.0351. The van der Waals surface area contributed by atoms with Crippen molar-refractivity contribution in [3.05, 3.63) is 95.1 Å². The molecule has 0 aliphatic carbocycles. The molecule has 0 radical (unpaired) electrons. The Balaban J connectivity index is 1.88. The minimum atomic E-state index is -1.65. The van der Waals surface area contributed by atoms with Gasteiger partial charge in [-0.25, -0.2) is 14.4 Å². The number of unbranched alkanes of at least 4 members (excludes halogenated alkanes) is 56. The summed E-state index contributed by atoms with van der Waals surface area (Å²) in [6.07, 6.45) is 73.7. The van der Waals surface area contributed by atoms with Gasteiger partial charge in [-0.15, -0.1) is 0 Å². The lowest BCUT2D eigenvalue weighted by atomic mass is 9.90. The SMILES string of the molecule is CCCCCCCCCCOc1ccc(C(=O)NCC(COC(=O)c2ccc(OCCCCCCCCCC)c(OCCCCCCCCCC)c2)(COC(=O)c2ccc(OCCCCCCCCCC)c(OCCCCCCCCCC)c2)COC(=O)c2ccc(OCCCCCCCCCC)c(OCCCCCCCCCC)c2)cc1OCCCCCCCCCC. The molecule has 736 valence electrons. The molecule has 0 aromatic heterocycles. The maximum Gasteiger partial charge on any atom is 0.338 e. The number of carbonyl (C=O) groups excluding carboxylic acids is 4. The van der Waals surface area contributed by atoms with Crippen LogP contribution in [0.5, 0.6) is 46.0 Å². The first-order valence-corrected chi connectivity index (χ1v) is 53.9. The Morgan fingerprint density at radius 2 is 0.357 bits per heavy atom. The van der Waals surface area contributed by atoms with Crippen LogP contribution in [0.1, 0.15) is 508 Å². The van der Waals surface area contributed by atoms with Crippen LogP contribution in [0.2, 0.25) is 0 Å². The maximum atomic E-state index is 15.3. The van der Waals surface area contributed by atoms with Crippen molar-refractivity contribution in [1.29, 1.82) is 0 Å². The number of hydrogen-bond donors (Lipinski definition) is 1. The fourth-order valence-corrected chi connectivity index (χ4v) is 16.4. The van der Waals surface area contributed by atoms with Crippen molar-refractivity contribution in [1.82, 2.24) is 5.32 Å². The van der Waals surface area contributed by atoms with Crippen LogP contribution in [-0.4, -0.2) is 103 Å². The standard InChI is InChI=1S/C113H189NO15/c1-9-17-25-33-41-49-57-65-81-119-101-77-73-97(89-105(101)123-85-69-61-53-45-37-29-21-13-5)109(115)114-93-113(94-127-110(116)98-74-78-102(120-82-66-58-50-42-34-26-18-10-2)106(90-98)124-86-70-62-54-46-38-30-22-14-6,95-128-111(117)99-75-79-103(121-83-67-59-51-43-35-27-19-11-3)107(91-99)125-87-71-63-55-47-39-31-23-15-7)96-129-112(118)100-76-80-104(122-84-68-60-52-44-36-28-20-12-4)108(92-100)126-88-72-64-56-48-40-32-24-16-8/h73-80,89-92H,9-72,81-88,93-96H2,1-8H3,(H,114,115). The van der Waals surface area contributed by atoms with E-state index < -0.39 is 49.1 Å². The van der Waals surface area contributed by atoms with Crippen LogP contribution in [0.3, 0.4) is 0 Å². The van der Waals surface area contributed by atoms with Crippen LogP contribution in [0.15, 0.2) is 72.8 Å². The van der Waals surface area contributed by atoms with E-state index in [9.17, 15) is 0 Å². The van der Waals surface area contributed by atoms with E-state index in [4.69, 9.17) is 52.1 Å². The third-order valence-electron chi connectivity index (χ3n) is 24.9. The monoisotopic (exact) mass is 1800 g/mol. The van der Waals surface area contributed by atoms with Gasteiger partial charge >= 0.3 is 17.9 Å². The molecule has 16 nitrogen and oxygen atoms in total. The van der Waals surface area contributed by atoms with E-state index in [-0.39, 0.29) is 28.8 Å². The van der Waals surface area contributed by atoms with Gasteiger partial charge in [-0.2, -0.15) is 0 Å². The van der Waals surface area contributed by atoms with Gasteiger partial charge in [0.25, 0.3) is 5.91 Å². The van der Waals surface area contributed by atoms with E-state index >= 15 is 19.2 Å². The smallest absolute Gasteiger partial charge is 0.338 e. The molecule has 0 atom stereocenters. The lowest BCUT2D eigenvalue weighted by Gasteiger charge is -2.32. The number of benzene rings is 4. The first-order valence-electron chi connectivity index (χ1n) is 53.9. The molecule has 0 saturated heterocycles. The van der Waals surface area contributed by atoms with Gasteiger partial charge in [0.1, 0.15) is 19.8 Å². The number of ether oxygens (including phenoxy) is 11. The Morgan fingerprint density at radius 3 is 0.543 bits per heavy atom. The molecule has 0 heterocycles. The molecule has 0 unspecified atom stereocenters. The molecule has 129 heavy (non-hydrogen) atoms. The van der Waals surface area contributed by atoms with Gasteiger partial charge in [0.05, 0.1) is 75.0 Å². The summed E-state index contributed by atoms with van der Waals surface area (Å²) in [6, 6.07) is 20.7. The molecule has 4 aromatic carbocycles. The van der Waals surface area contributed by atoms with Crippen molar-refractivity contribution in [2.24, 2.45) is 5.41 Å². The third-order valence-corrected chi connectivity index (χ3v) is 24.9. The summed E-state index contributed by atoms with van der Waals surface area (Å²) >= 11 is 0. The molecular weight excluding hydrogens is 1610 g/mol. The topological polar surface area (TPSA) is 182 Å². The first-order chi connectivity index (χ1) is 63.5. The van der Waals surface area contributed by atoms with E-state index in [2.05, 4.69) is 60.7 Å². The largest absolute Gasteiger partial charge is 0.490 e. The second-order valence-corrected chi connectivity index (χ2v) is 37.1. The Kier molecular flexibility index (Phi) is 71.7. The van der Waals surface area contributed by atoms with E-state index in [1.165, 1.54) is 257 Å². The predicted molar refractivity (Wildman–Crippen MR) is 536 cm³/mol. The number of esters is 3. The molecule has 0 aliphatic heterocycles. The average molecular weight is 1800 g/mol. The predicted octanol–water partition coefficient (Wildman–Crippen LogP) is 33.1. The van der Waals surface area contributed by atoms with Gasteiger partial charge in [0, 0.05) is 12.1 Å². The quantitative estimate of drug-likeness (QED) is 0.0250. The number of carbonyl (C=O) groups is 4. The average Bonchev–Trinajstić information content (AvgIpc) is 0.825. The highest BCUT2D eigenvalue weighted by atomic mass is 16.6. The molecule has 1 amide bonds. The van der Waals surface area contributed by atoms with Crippen LogP contribution in [0, 0.1) is 5.41 Å². The summed E-state index contributed by atoms with van der Waals surface area (Å²) in [5, 5.41) is 3.18. The second kappa shape index (κ2) is 80.8. The van der Waals surface area contributed by atoms with Crippen molar-refractivity contribution in [2.45, 2.75) is 466 Å². The Labute approximate surface area is 788 Å². The van der Waals surface area contributed by atoms with Crippen molar-refractivity contribution < 1.29 is 71.3 Å². The van der Waals surface area contributed by atoms with Crippen LogP contribution in [-0.2, 0) is 14.2 Å². The highest BCUT2D eigenvalue weighted by Crippen LogP contribution is 2.36. The van der Waals surface area contributed by atoms with Gasteiger partial charge in [0.15, 0.2) is 46.0 Å². The maximum absolute atomic E-state index is 15.3. The zero-order valence-corrected chi connectivity index (χ0v) is 83.8. The van der Waals surface area contributed by atoms with Crippen molar-refractivity contribution in [2.75, 3.05) is 79.2 Å². The lowest BCUT2D eigenvalue weighted by Crippen LogP contribution is -2.48. The molecule has 16 heteroatoms. The minimum Gasteiger partial charge on any atom is -0.490 e. The number of nitrogens with one attached hydrogen (secondary N) is 1. The zero-order valence-electron chi connectivity index (χ0n) is 83.8. The molecular formula is C113H189NO15. The molecule has 1 N–H and O–H groups in total. The highest BCUT2D eigenvalue weighted by molar-refractivity contribution is 5.95. The van der Waals surface area contributed by atoms with E-state index in [1.807, 2.05) is 6.07 Å². The summed E-state index contributed by atoms with van der Waals surface area (Å²) in [7, 11) is 0. The van der Waals surface area contributed by atoms with Crippen LogP contribution >= 0.6 is 0 Å². The third kappa shape index (κ3) is 57.4. The molecule has 0 fully saturated rings. The van der Waals surface area contributed by atoms with Crippen molar-refractivity contribution in [3.63, 3.8) is 0 Å². The number of hydrogen-bond acceptors (Lipinski definition) is 15. The van der Waals surface area contributed by atoms with Gasteiger partial charge in [-0.3, -0.25) is 4.79 Å². The molecule has 0 bridgehead atoms. The van der Waals surface area contributed by atoms with Crippen LogP contribution in [0.4, 0.5) is 0 Å². The summed E-state index contributed by atoms with van der Waals surface area (Å²) in [4.78, 5) is 60.9. The van der Waals surface area contributed by atoms with Crippen LogP contribution in [0.25, 0.3) is 0 Å². The van der Waals surface area contributed by atoms with E-state index in [0.29, 0.717) is 98.9 Å². The van der Waals surface area contributed by atoms with Crippen molar-refractivity contribution in [3.8, 4) is 46.0 Å². The Morgan fingerprint density at radius 1 is 0.202 bits per heavy atom. The molecule has 4 rings (SSSR count). The Hall–Kier alpha value is -6.84. The Bertz CT molecular complexity index is 2920. The number of rotatable bonds is 92. The fraction of sp³-hybridized carbons (Fsp3) is 0.752. The van der Waals surface area contributed by atoms with E-state index in [0.717, 1.165) is 154 Å². The van der Waals surface area contributed by atoms with Gasteiger partial charge in [0.2, 0.25) is 0 Å². The normalized spacial score (nSPS) is 11.4. The fourth-order valence-electron chi connectivity index (χ4n) is 16.4. The summed E-state index contributed by atoms with van der Waals surface area (Å²) < 4.78 is 71.9. The van der Waals surface area contributed by atoms with Gasteiger partial charge < -0.3 is 57.4 Å². The molecule has 4 aromatic rings. The number of amides is 1. The molecule has 0 spiro atoms. The first kappa shape index (κ1) is 114. The van der Waals surface area contributed by atoms with Gasteiger partial charge in [-0.05, 0) is 124 Å². The minimum absolute atomic E-state index is 0.199. The zero-order chi connectivity index (χ0) is 92.4. The van der Waals surface area contributed by atoms with Crippen LogP contribution < -0.4 is 43.2 Å². The van der Waals surface area contributed by atoms with E-state index in [1.54, 1.807) is 66.7 Å². The summed E-state index contributed by atoms with van der Waals surface area (Å²) in [6.45, 7) is 19.9. The molecule has 0 saturated carbocycles. The second-order valence-electron chi connectivity index (χ2n) is 37.1. The summed E-state index contributed by atoms with van der Waals surface area (Å²) in [5.74, 6) is 1.37. The highest BCUT2D eigenvalue weighted by Gasteiger charge is 2.38. The van der Waals surface area contributed by atoms with Gasteiger partial charge in [-0.1, -0.05) is 415 Å². The summed E-state index contributed by atoms with van der Waals surface area (Å²) in [5.41, 5.74) is -0.762.